The zero-order valence-corrected chi connectivity index (χ0v) is 16.9. The standard InChI is InChI=1S/C21H18Cl2N2O4/c22-15-5-6-18(16(23)12-15)28-13-20(26)24-7-9-25(10-8-24)21(27)19-11-14-3-1-2-4-17(14)29-19/h1-6,11-12H,7-10,13H2. The van der Waals surface area contributed by atoms with E-state index in [1.807, 2.05) is 24.3 Å². The van der Waals surface area contributed by atoms with Crippen LogP contribution in [0.2, 0.25) is 10.0 Å². The number of piperazine rings is 1. The first-order chi connectivity index (χ1) is 14.0. The van der Waals surface area contributed by atoms with Gasteiger partial charge in [-0.2, -0.15) is 0 Å². The van der Waals surface area contributed by atoms with Crippen molar-refractivity contribution in [3.63, 3.8) is 0 Å². The second kappa shape index (κ2) is 8.35. The first-order valence-corrected chi connectivity index (χ1v) is 9.90. The third kappa shape index (κ3) is 4.33. The van der Waals surface area contributed by atoms with Crippen LogP contribution >= 0.6 is 23.2 Å². The zero-order valence-electron chi connectivity index (χ0n) is 15.4. The van der Waals surface area contributed by atoms with Gasteiger partial charge < -0.3 is 19.0 Å². The maximum atomic E-state index is 12.7. The number of fused-ring (bicyclic) bond motifs is 1. The van der Waals surface area contributed by atoms with Gasteiger partial charge in [0, 0.05) is 36.6 Å². The van der Waals surface area contributed by atoms with Crippen molar-refractivity contribution in [1.29, 1.82) is 0 Å². The number of nitrogens with zero attached hydrogens (tertiary/aromatic N) is 2. The van der Waals surface area contributed by atoms with Crippen LogP contribution < -0.4 is 4.74 Å². The highest BCUT2D eigenvalue weighted by molar-refractivity contribution is 6.35. The molecule has 3 aromatic rings. The highest BCUT2D eigenvalue weighted by Crippen LogP contribution is 2.27. The van der Waals surface area contributed by atoms with Gasteiger partial charge in [-0.1, -0.05) is 41.4 Å². The van der Waals surface area contributed by atoms with Crippen LogP contribution in [0.5, 0.6) is 5.75 Å². The predicted octanol–water partition coefficient (Wildman–Crippen LogP) is 4.10. The van der Waals surface area contributed by atoms with E-state index in [9.17, 15) is 9.59 Å². The summed E-state index contributed by atoms with van der Waals surface area (Å²) in [5, 5.41) is 1.74. The Balaban J connectivity index is 1.31. The molecule has 1 fully saturated rings. The molecule has 1 aliphatic heterocycles. The molecule has 0 spiro atoms. The Morgan fingerprint density at radius 2 is 1.69 bits per heavy atom. The maximum Gasteiger partial charge on any atom is 0.289 e. The molecule has 1 aromatic heterocycles. The second-order valence-electron chi connectivity index (χ2n) is 6.68. The largest absolute Gasteiger partial charge is 0.482 e. The quantitative estimate of drug-likeness (QED) is 0.622. The molecule has 4 rings (SSSR count). The van der Waals surface area contributed by atoms with Crippen LogP contribution in [0, 0.1) is 0 Å². The number of furan rings is 1. The number of hydrogen-bond donors (Lipinski definition) is 0. The number of amides is 2. The van der Waals surface area contributed by atoms with Crippen LogP contribution in [-0.4, -0.2) is 54.4 Å². The Labute approximate surface area is 177 Å². The van der Waals surface area contributed by atoms with E-state index in [1.54, 1.807) is 34.1 Å². The normalized spacial score (nSPS) is 14.3. The fourth-order valence-electron chi connectivity index (χ4n) is 3.23. The number of para-hydroxylation sites is 1. The number of ether oxygens (including phenoxy) is 1. The highest BCUT2D eigenvalue weighted by atomic mass is 35.5. The molecule has 0 radical (unpaired) electrons. The minimum atomic E-state index is -0.169. The number of halogens is 2. The second-order valence-corrected chi connectivity index (χ2v) is 7.53. The molecular weight excluding hydrogens is 415 g/mol. The van der Waals surface area contributed by atoms with Crippen molar-refractivity contribution in [3.05, 3.63) is 64.3 Å². The summed E-state index contributed by atoms with van der Waals surface area (Å²) in [7, 11) is 0. The molecular formula is C21H18Cl2N2O4. The van der Waals surface area contributed by atoms with Crippen molar-refractivity contribution in [1.82, 2.24) is 9.80 Å². The summed E-state index contributed by atoms with van der Waals surface area (Å²) < 4.78 is 11.2. The molecule has 8 heteroatoms. The fourth-order valence-corrected chi connectivity index (χ4v) is 3.69. The Bertz CT molecular complexity index is 1020. The third-order valence-corrected chi connectivity index (χ3v) is 5.33. The summed E-state index contributed by atoms with van der Waals surface area (Å²) in [5.74, 6) is 0.388. The number of rotatable bonds is 4. The van der Waals surface area contributed by atoms with E-state index in [0.29, 0.717) is 53.3 Å². The predicted molar refractivity (Wildman–Crippen MR) is 111 cm³/mol. The lowest BCUT2D eigenvalue weighted by Gasteiger charge is -2.34. The molecule has 0 bridgehead atoms. The molecule has 6 nitrogen and oxygen atoms in total. The number of hydrogen-bond acceptors (Lipinski definition) is 4. The average molecular weight is 433 g/mol. The summed E-state index contributed by atoms with van der Waals surface area (Å²) in [5.41, 5.74) is 0.683. The van der Waals surface area contributed by atoms with Crippen molar-refractivity contribution in [2.75, 3.05) is 32.8 Å². The highest BCUT2D eigenvalue weighted by Gasteiger charge is 2.27. The van der Waals surface area contributed by atoms with Crippen LogP contribution in [-0.2, 0) is 4.79 Å². The lowest BCUT2D eigenvalue weighted by Crippen LogP contribution is -2.51. The first-order valence-electron chi connectivity index (χ1n) is 9.15. The molecule has 0 saturated carbocycles. The summed E-state index contributed by atoms with van der Waals surface area (Å²) in [6, 6.07) is 14.1. The lowest BCUT2D eigenvalue weighted by molar-refractivity contribution is -0.134. The molecule has 0 atom stereocenters. The van der Waals surface area contributed by atoms with Gasteiger partial charge in [0.15, 0.2) is 12.4 Å². The van der Waals surface area contributed by atoms with Crippen molar-refractivity contribution in [2.24, 2.45) is 0 Å². The summed E-state index contributed by atoms with van der Waals surface area (Å²) in [4.78, 5) is 28.5. The number of carbonyl (C=O) groups excluding carboxylic acids is 2. The molecule has 1 saturated heterocycles. The van der Waals surface area contributed by atoms with Gasteiger partial charge >= 0.3 is 0 Å². The van der Waals surface area contributed by atoms with Gasteiger partial charge in [0.05, 0.1) is 5.02 Å². The van der Waals surface area contributed by atoms with Gasteiger partial charge in [-0.3, -0.25) is 9.59 Å². The van der Waals surface area contributed by atoms with Crippen LogP contribution in [0.3, 0.4) is 0 Å². The number of benzene rings is 2. The van der Waals surface area contributed by atoms with Crippen LogP contribution in [0.4, 0.5) is 0 Å². The van der Waals surface area contributed by atoms with Crippen LogP contribution in [0.25, 0.3) is 11.0 Å². The minimum absolute atomic E-state index is 0.126. The van der Waals surface area contributed by atoms with Gasteiger partial charge in [-0.15, -0.1) is 0 Å². The smallest absolute Gasteiger partial charge is 0.289 e. The Morgan fingerprint density at radius 1 is 0.966 bits per heavy atom. The van der Waals surface area contributed by atoms with E-state index < -0.39 is 0 Å². The van der Waals surface area contributed by atoms with Crippen molar-refractivity contribution >= 4 is 46.0 Å². The summed E-state index contributed by atoms with van der Waals surface area (Å²) in [6.45, 7) is 1.61. The van der Waals surface area contributed by atoms with Crippen molar-refractivity contribution < 1.29 is 18.7 Å². The van der Waals surface area contributed by atoms with E-state index >= 15 is 0 Å². The summed E-state index contributed by atoms with van der Waals surface area (Å²) >= 11 is 11.9. The monoisotopic (exact) mass is 432 g/mol. The molecule has 2 heterocycles. The van der Waals surface area contributed by atoms with E-state index in [0.717, 1.165) is 5.39 Å². The van der Waals surface area contributed by atoms with E-state index in [1.165, 1.54) is 0 Å². The van der Waals surface area contributed by atoms with E-state index in [2.05, 4.69) is 0 Å². The van der Waals surface area contributed by atoms with E-state index in [-0.39, 0.29) is 18.4 Å². The zero-order chi connectivity index (χ0) is 20.4. The molecule has 0 unspecified atom stereocenters. The van der Waals surface area contributed by atoms with E-state index in [4.69, 9.17) is 32.4 Å². The minimum Gasteiger partial charge on any atom is -0.482 e. The molecule has 1 aliphatic rings. The lowest BCUT2D eigenvalue weighted by atomic mass is 10.2. The molecule has 0 N–H and O–H groups in total. The van der Waals surface area contributed by atoms with Crippen molar-refractivity contribution in [3.8, 4) is 5.75 Å². The van der Waals surface area contributed by atoms with Crippen LogP contribution in [0.1, 0.15) is 10.6 Å². The van der Waals surface area contributed by atoms with Gasteiger partial charge in [0.25, 0.3) is 11.8 Å². The van der Waals surface area contributed by atoms with Gasteiger partial charge in [-0.25, -0.2) is 0 Å². The molecule has 150 valence electrons. The van der Waals surface area contributed by atoms with Gasteiger partial charge in [0.2, 0.25) is 0 Å². The Kier molecular flexibility index (Phi) is 5.65. The molecule has 0 aliphatic carbocycles. The topological polar surface area (TPSA) is 63.0 Å². The molecule has 2 amide bonds. The average Bonchev–Trinajstić information content (AvgIpc) is 3.17. The molecule has 2 aromatic carbocycles. The SMILES string of the molecule is O=C(COc1ccc(Cl)cc1Cl)N1CCN(C(=O)c2cc3ccccc3o2)CC1. The maximum absolute atomic E-state index is 12.7. The fraction of sp³-hybridized carbons (Fsp3) is 0.238. The first kappa shape index (κ1) is 19.6. The van der Waals surface area contributed by atoms with Gasteiger partial charge in [-0.05, 0) is 30.3 Å². The summed E-state index contributed by atoms with van der Waals surface area (Å²) in [6.07, 6.45) is 0. The third-order valence-electron chi connectivity index (χ3n) is 4.80. The Hall–Kier alpha value is -2.70. The molecule has 29 heavy (non-hydrogen) atoms. The van der Waals surface area contributed by atoms with Crippen molar-refractivity contribution in [2.45, 2.75) is 0 Å². The Morgan fingerprint density at radius 3 is 2.41 bits per heavy atom. The van der Waals surface area contributed by atoms with Gasteiger partial charge in [0.1, 0.15) is 11.3 Å². The van der Waals surface area contributed by atoms with Crippen LogP contribution in [0.15, 0.2) is 52.9 Å². The number of carbonyl (C=O) groups is 2.